The van der Waals surface area contributed by atoms with Gasteiger partial charge in [0.15, 0.2) is 5.78 Å². The van der Waals surface area contributed by atoms with Crippen LogP contribution in [0.1, 0.15) is 86.5 Å². The number of epoxide rings is 1. The van der Waals surface area contributed by atoms with E-state index in [-0.39, 0.29) is 25.0 Å². The van der Waals surface area contributed by atoms with Crippen molar-refractivity contribution in [3.63, 3.8) is 0 Å². The van der Waals surface area contributed by atoms with Gasteiger partial charge in [-0.3, -0.25) is 4.79 Å². The lowest BCUT2D eigenvalue weighted by Gasteiger charge is -2.27. The molecule has 8 nitrogen and oxygen atoms in total. The van der Waals surface area contributed by atoms with Crippen LogP contribution in [0.3, 0.4) is 0 Å². The van der Waals surface area contributed by atoms with E-state index in [2.05, 4.69) is 25.7 Å². The maximum Gasteiger partial charge on any atom is 0.333 e. The number of carbonyl (C=O) groups excluding carboxylic acids is 2. The Labute approximate surface area is 239 Å². The lowest BCUT2D eigenvalue weighted by atomic mass is 9.87. The zero-order valence-electron chi connectivity index (χ0n) is 25.0. The Kier molecular flexibility index (Phi) is 13.0. The molecule has 0 aromatic rings. The van der Waals surface area contributed by atoms with Crippen LogP contribution in [0, 0.1) is 11.8 Å². The monoisotopic (exact) mass is 562 g/mol. The highest BCUT2D eigenvalue weighted by molar-refractivity contribution is 5.87. The van der Waals surface area contributed by atoms with Gasteiger partial charge in [0.1, 0.15) is 12.2 Å². The third-order valence-corrected chi connectivity index (χ3v) is 7.70. The average Bonchev–Trinajstić information content (AvgIpc) is 3.57. The number of hydrogen-bond acceptors (Lipinski definition) is 8. The first kappa shape index (κ1) is 34.1. The molecule has 1 saturated heterocycles. The number of Topliss-reactive ketones (excluding diaryl/α,β-unsaturated/α-hetero) is 1. The van der Waals surface area contributed by atoms with Gasteiger partial charge >= 0.3 is 5.97 Å². The van der Waals surface area contributed by atoms with Crippen molar-refractivity contribution >= 4 is 11.8 Å². The molecular weight excluding hydrogens is 512 g/mol. The second-order valence-electron chi connectivity index (χ2n) is 12.3. The van der Waals surface area contributed by atoms with Crippen LogP contribution < -0.4 is 0 Å². The van der Waals surface area contributed by atoms with Gasteiger partial charge in [-0.25, -0.2) is 4.79 Å². The summed E-state index contributed by atoms with van der Waals surface area (Å²) in [7, 11) is 0. The summed E-state index contributed by atoms with van der Waals surface area (Å²) in [5.41, 5.74) is 0.787. The quantitative estimate of drug-likeness (QED) is 0.197. The van der Waals surface area contributed by atoms with Crippen molar-refractivity contribution in [2.45, 2.75) is 129 Å². The van der Waals surface area contributed by atoms with E-state index in [4.69, 9.17) is 9.47 Å². The number of ketones is 1. The second kappa shape index (κ2) is 15.2. The Balaban J connectivity index is 2.15. The van der Waals surface area contributed by atoms with Crippen LogP contribution in [0.2, 0.25) is 0 Å². The third kappa shape index (κ3) is 11.4. The Morgan fingerprint density at radius 3 is 2.35 bits per heavy atom. The van der Waals surface area contributed by atoms with Crippen LogP contribution in [0.25, 0.3) is 0 Å². The summed E-state index contributed by atoms with van der Waals surface area (Å²) in [6.45, 7) is 14.8. The van der Waals surface area contributed by atoms with Crippen molar-refractivity contribution in [1.29, 1.82) is 0 Å². The molecule has 0 aliphatic carbocycles. The molecule has 8 heteroatoms. The van der Waals surface area contributed by atoms with Gasteiger partial charge in [0.05, 0.1) is 30.0 Å². The van der Waals surface area contributed by atoms with Crippen molar-refractivity contribution in [3.8, 4) is 0 Å². The van der Waals surface area contributed by atoms with Crippen LogP contribution >= 0.6 is 0 Å². The Hall–Kier alpha value is -2.10. The molecule has 0 saturated carbocycles. The zero-order chi connectivity index (χ0) is 30.2. The Morgan fingerprint density at radius 1 is 1.00 bits per heavy atom. The molecule has 0 radical (unpaired) electrons. The SMILES string of the molecule is C=C1CC(C)CC2OC2/C=C/CC/C=C(\C)C(=O)OC(C)CC(C)C(O)C(O)C(=O)CC(O)CC(C)(O)/C=C/1C. The molecule has 1 fully saturated rings. The van der Waals surface area contributed by atoms with E-state index in [0.717, 1.165) is 30.4 Å². The summed E-state index contributed by atoms with van der Waals surface area (Å²) in [5, 5.41) is 42.4. The number of rotatable bonds is 0. The Bertz CT molecular complexity index is 977. The first-order valence-corrected chi connectivity index (χ1v) is 14.5. The predicted octanol–water partition coefficient (Wildman–Crippen LogP) is 4.11. The summed E-state index contributed by atoms with van der Waals surface area (Å²) in [5.74, 6) is -1.40. The molecule has 4 N–H and O–H groups in total. The van der Waals surface area contributed by atoms with Crippen LogP contribution in [0.5, 0.6) is 0 Å². The number of allylic oxidation sites excluding steroid dienone is 4. The predicted molar refractivity (Wildman–Crippen MR) is 154 cm³/mol. The van der Waals surface area contributed by atoms with E-state index >= 15 is 0 Å². The molecule has 0 bridgehead atoms. The molecule has 2 heterocycles. The number of aliphatic hydroxyl groups is 4. The van der Waals surface area contributed by atoms with Gasteiger partial charge < -0.3 is 29.9 Å². The summed E-state index contributed by atoms with van der Waals surface area (Å²) in [6.07, 6.45) is 5.77. The Morgan fingerprint density at radius 2 is 1.68 bits per heavy atom. The first-order valence-electron chi connectivity index (χ1n) is 14.5. The molecule has 40 heavy (non-hydrogen) atoms. The number of ether oxygens (including phenoxy) is 2. The molecular formula is C32H50O8. The van der Waals surface area contributed by atoms with E-state index in [1.165, 1.54) is 0 Å². The van der Waals surface area contributed by atoms with Gasteiger partial charge in [0.25, 0.3) is 0 Å². The van der Waals surface area contributed by atoms with Gasteiger partial charge in [-0.2, -0.15) is 0 Å². The highest BCUT2D eigenvalue weighted by Crippen LogP contribution is 2.33. The number of aliphatic hydroxyl groups excluding tert-OH is 3. The maximum absolute atomic E-state index is 12.6. The van der Waals surface area contributed by atoms with E-state index < -0.39 is 54.1 Å². The number of carbonyl (C=O) groups is 2. The van der Waals surface area contributed by atoms with Crippen molar-refractivity contribution in [1.82, 2.24) is 0 Å². The van der Waals surface area contributed by atoms with Crippen LogP contribution in [0.4, 0.5) is 0 Å². The van der Waals surface area contributed by atoms with Gasteiger partial charge in [-0.05, 0) is 77.2 Å². The molecule has 2 rings (SSSR count). The van der Waals surface area contributed by atoms with Crippen LogP contribution in [-0.2, 0) is 19.1 Å². The van der Waals surface area contributed by atoms with Gasteiger partial charge in [0.2, 0.25) is 0 Å². The first-order chi connectivity index (χ1) is 18.6. The fraction of sp³-hybridized carbons (Fsp3) is 0.688. The third-order valence-electron chi connectivity index (χ3n) is 7.70. The molecule has 226 valence electrons. The fourth-order valence-corrected chi connectivity index (χ4v) is 5.30. The standard InChI is InChI=1S/C32H50O8/c1-19-13-21(3)23(5)17-32(7,38)18-25(33)16-26(34)30(36)29(35)22(4)15-24(6)39-31(37)20(2)11-9-8-10-12-27-28(14-19)40-27/h10-12,17,19,22,24-25,27-30,33,35-36,38H,3,8-9,13-16,18H2,1-2,4-7H3/b12-10+,20-11+,23-17+. The highest BCUT2D eigenvalue weighted by Gasteiger charge is 2.37. The lowest BCUT2D eigenvalue weighted by molar-refractivity contribution is -0.146. The molecule has 9 unspecified atom stereocenters. The van der Waals surface area contributed by atoms with Gasteiger partial charge in [-0.1, -0.05) is 50.3 Å². The fourth-order valence-electron chi connectivity index (χ4n) is 5.30. The number of cyclic esters (lactones) is 1. The smallest absolute Gasteiger partial charge is 0.333 e. The van der Waals surface area contributed by atoms with Crippen LogP contribution in [-0.4, -0.2) is 74.4 Å². The summed E-state index contributed by atoms with van der Waals surface area (Å²) >= 11 is 0. The van der Waals surface area contributed by atoms with Crippen molar-refractivity contribution < 1.29 is 39.5 Å². The highest BCUT2D eigenvalue weighted by atomic mass is 16.6. The minimum Gasteiger partial charge on any atom is -0.459 e. The van der Waals surface area contributed by atoms with Crippen LogP contribution in [0.15, 0.2) is 47.6 Å². The lowest BCUT2D eigenvalue weighted by Crippen LogP contribution is -2.41. The molecule has 0 aromatic heterocycles. The molecule has 2 aliphatic rings. The molecule has 0 amide bonds. The topological polar surface area (TPSA) is 137 Å². The largest absolute Gasteiger partial charge is 0.459 e. The summed E-state index contributed by atoms with van der Waals surface area (Å²) < 4.78 is 11.3. The number of esters is 1. The van der Waals surface area contributed by atoms with E-state index in [9.17, 15) is 30.0 Å². The number of hydrogen-bond donors (Lipinski definition) is 4. The van der Waals surface area contributed by atoms with E-state index in [0.29, 0.717) is 17.9 Å². The molecule has 9 atom stereocenters. The molecule has 0 spiro atoms. The van der Waals surface area contributed by atoms with Crippen molar-refractivity contribution in [3.05, 3.63) is 47.6 Å². The van der Waals surface area contributed by atoms with E-state index in [1.807, 2.05) is 13.0 Å². The molecule has 2 aliphatic heterocycles. The second-order valence-corrected chi connectivity index (χ2v) is 12.3. The maximum atomic E-state index is 12.6. The van der Waals surface area contributed by atoms with Crippen molar-refractivity contribution in [2.75, 3.05) is 0 Å². The normalized spacial score (nSPS) is 42.0. The van der Waals surface area contributed by atoms with Gasteiger partial charge in [0, 0.05) is 18.4 Å². The zero-order valence-corrected chi connectivity index (χ0v) is 25.0. The minimum absolute atomic E-state index is 0.0996. The summed E-state index contributed by atoms with van der Waals surface area (Å²) in [6, 6.07) is 0. The molecule has 0 aromatic carbocycles. The van der Waals surface area contributed by atoms with Gasteiger partial charge in [-0.15, -0.1) is 0 Å². The summed E-state index contributed by atoms with van der Waals surface area (Å²) in [4.78, 5) is 25.1. The average molecular weight is 563 g/mol. The van der Waals surface area contributed by atoms with E-state index in [1.54, 1.807) is 33.8 Å². The van der Waals surface area contributed by atoms with Crippen molar-refractivity contribution in [2.24, 2.45) is 11.8 Å². The number of fused-ring (bicyclic) bond motifs is 1. The minimum atomic E-state index is -1.71.